The lowest BCUT2D eigenvalue weighted by Crippen LogP contribution is -2.13. The fourth-order valence-corrected chi connectivity index (χ4v) is 2.49. The topological polar surface area (TPSA) is 54.0 Å². The lowest BCUT2D eigenvalue weighted by atomic mass is 10.2. The first-order chi connectivity index (χ1) is 11.6. The second-order valence-electron chi connectivity index (χ2n) is 5.00. The zero-order chi connectivity index (χ0) is 16.9. The van der Waals surface area contributed by atoms with E-state index in [2.05, 4.69) is 31.5 Å². The van der Waals surface area contributed by atoms with Crippen molar-refractivity contribution in [1.82, 2.24) is 4.98 Å². The fraction of sp³-hybridized carbons (Fsp3) is 0. The minimum absolute atomic E-state index is 0.131. The highest BCUT2D eigenvalue weighted by atomic mass is 79.9. The van der Waals surface area contributed by atoms with Crippen molar-refractivity contribution in [2.45, 2.75) is 0 Å². The predicted molar refractivity (Wildman–Crippen MR) is 96.0 cm³/mol. The Labute approximate surface area is 146 Å². The Bertz CT molecular complexity index is 885. The summed E-state index contributed by atoms with van der Waals surface area (Å²) in [6.07, 6.45) is 3.04. The van der Waals surface area contributed by atoms with Crippen LogP contribution < -0.4 is 10.6 Å². The highest BCUT2D eigenvalue weighted by Crippen LogP contribution is 2.25. The van der Waals surface area contributed by atoms with Crippen molar-refractivity contribution in [2.24, 2.45) is 0 Å². The summed E-state index contributed by atoms with van der Waals surface area (Å²) in [4.78, 5) is 16.3. The van der Waals surface area contributed by atoms with Crippen molar-refractivity contribution in [3.63, 3.8) is 0 Å². The van der Waals surface area contributed by atoms with Crippen LogP contribution in [0, 0.1) is 5.82 Å². The number of carbonyl (C=O) groups is 1. The number of nitrogens with one attached hydrogen (secondary N) is 2. The minimum atomic E-state index is -0.485. The van der Waals surface area contributed by atoms with E-state index in [1.807, 2.05) is 24.3 Å². The molecule has 2 N–H and O–H groups in total. The summed E-state index contributed by atoms with van der Waals surface area (Å²) in [6.45, 7) is 0. The number of hydrogen-bond acceptors (Lipinski definition) is 3. The molecule has 4 nitrogen and oxygen atoms in total. The number of rotatable bonds is 4. The molecule has 0 spiro atoms. The maximum atomic E-state index is 13.6. The summed E-state index contributed by atoms with van der Waals surface area (Å²) in [5.74, 6) is -0.912. The van der Waals surface area contributed by atoms with E-state index >= 15 is 0 Å². The number of amides is 1. The van der Waals surface area contributed by atoms with Gasteiger partial charge in [-0.05, 0) is 46.3 Å². The SMILES string of the molecule is O=C(Nc1ccccc1F)c1cncc(Nc2ccccc2Br)c1. The third-order valence-corrected chi connectivity index (χ3v) is 3.97. The van der Waals surface area contributed by atoms with Gasteiger partial charge in [-0.15, -0.1) is 0 Å². The number of carbonyl (C=O) groups excluding carboxylic acids is 1. The molecule has 3 aromatic rings. The molecule has 0 saturated carbocycles. The molecule has 2 aromatic carbocycles. The van der Waals surface area contributed by atoms with Crippen LogP contribution in [-0.4, -0.2) is 10.9 Å². The molecule has 0 atom stereocenters. The van der Waals surface area contributed by atoms with E-state index < -0.39 is 11.7 Å². The Balaban J connectivity index is 1.79. The number of aromatic nitrogens is 1. The molecule has 0 unspecified atom stereocenters. The molecule has 0 aliphatic carbocycles. The number of pyridine rings is 1. The smallest absolute Gasteiger partial charge is 0.257 e. The molecular weight excluding hydrogens is 373 g/mol. The molecule has 3 rings (SSSR count). The molecule has 24 heavy (non-hydrogen) atoms. The average Bonchev–Trinajstić information content (AvgIpc) is 2.59. The van der Waals surface area contributed by atoms with Gasteiger partial charge >= 0.3 is 0 Å². The number of hydrogen-bond donors (Lipinski definition) is 2. The number of halogens is 2. The summed E-state index contributed by atoms with van der Waals surface area (Å²) in [6, 6.07) is 15.3. The quantitative estimate of drug-likeness (QED) is 0.665. The van der Waals surface area contributed by atoms with Crippen molar-refractivity contribution in [1.29, 1.82) is 0 Å². The minimum Gasteiger partial charge on any atom is -0.353 e. The molecule has 0 saturated heterocycles. The lowest BCUT2D eigenvalue weighted by Gasteiger charge is -2.10. The van der Waals surface area contributed by atoms with Gasteiger partial charge in [0.05, 0.1) is 28.8 Å². The van der Waals surface area contributed by atoms with Crippen LogP contribution in [0.3, 0.4) is 0 Å². The summed E-state index contributed by atoms with van der Waals surface area (Å²) < 4.78 is 14.5. The summed E-state index contributed by atoms with van der Waals surface area (Å²) in [5, 5.41) is 5.72. The van der Waals surface area contributed by atoms with Crippen molar-refractivity contribution >= 4 is 38.9 Å². The highest BCUT2D eigenvalue weighted by molar-refractivity contribution is 9.10. The second-order valence-corrected chi connectivity index (χ2v) is 5.86. The van der Waals surface area contributed by atoms with Crippen LogP contribution in [0.15, 0.2) is 71.5 Å². The zero-order valence-electron chi connectivity index (χ0n) is 12.5. The molecule has 1 amide bonds. The highest BCUT2D eigenvalue weighted by Gasteiger charge is 2.10. The van der Waals surface area contributed by atoms with Gasteiger partial charge in [-0.3, -0.25) is 9.78 Å². The number of benzene rings is 2. The normalized spacial score (nSPS) is 10.2. The fourth-order valence-electron chi connectivity index (χ4n) is 2.11. The van der Waals surface area contributed by atoms with Crippen LogP contribution in [0.1, 0.15) is 10.4 Å². The molecule has 1 aromatic heterocycles. The summed E-state index contributed by atoms with van der Waals surface area (Å²) in [7, 11) is 0. The first kappa shape index (κ1) is 16.1. The van der Waals surface area contributed by atoms with Crippen LogP contribution in [0.4, 0.5) is 21.5 Å². The Morgan fingerprint density at radius 1 is 1.00 bits per heavy atom. The van der Waals surface area contributed by atoms with Crippen molar-refractivity contribution < 1.29 is 9.18 Å². The van der Waals surface area contributed by atoms with E-state index in [1.54, 1.807) is 24.4 Å². The first-order valence-electron chi connectivity index (χ1n) is 7.16. The molecule has 1 heterocycles. The van der Waals surface area contributed by atoms with Gasteiger partial charge in [0, 0.05) is 10.7 Å². The third kappa shape index (κ3) is 3.78. The molecule has 6 heteroatoms. The lowest BCUT2D eigenvalue weighted by molar-refractivity contribution is 0.102. The van der Waals surface area contributed by atoms with Crippen molar-refractivity contribution in [2.75, 3.05) is 10.6 Å². The van der Waals surface area contributed by atoms with Gasteiger partial charge in [0.25, 0.3) is 5.91 Å². The van der Waals surface area contributed by atoms with Gasteiger partial charge in [0.1, 0.15) is 5.82 Å². The van der Waals surface area contributed by atoms with Gasteiger partial charge in [0.2, 0.25) is 0 Å². The predicted octanol–water partition coefficient (Wildman–Crippen LogP) is 4.98. The zero-order valence-corrected chi connectivity index (χ0v) is 14.0. The maximum absolute atomic E-state index is 13.6. The molecule has 0 bridgehead atoms. The maximum Gasteiger partial charge on any atom is 0.257 e. The van der Waals surface area contributed by atoms with Gasteiger partial charge in [-0.2, -0.15) is 0 Å². The number of para-hydroxylation sites is 2. The average molecular weight is 386 g/mol. The molecular formula is C18H13BrFN3O. The van der Waals surface area contributed by atoms with Crippen LogP contribution >= 0.6 is 15.9 Å². The Morgan fingerprint density at radius 2 is 1.71 bits per heavy atom. The van der Waals surface area contributed by atoms with Gasteiger partial charge in [-0.25, -0.2) is 4.39 Å². The van der Waals surface area contributed by atoms with E-state index in [4.69, 9.17) is 0 Å². The summed E-state index contributed by atoms with van der Waals surface area (Å²) in [5.41, 5.74) is 1.97. The molecule has 0 aliphatic heterocycles. The number of nitrogens with zero attached hydrogens (tertiary/aromatic N) is 1. The monoisotopic (exact) mass is 385 g/mol. The van der Waals surface area contributed by atoms with E-state index in [0.717, 1.165) is 10.2 Å². The van der Waals surface area contributed by atoms with Crippen LogP contribution in [0.5, 0.6) is 0 Å². The van der Waals surface area contributed by atoms with Crippen molar-refractivity contribution in [3.05, 3.63) is 82.8 Å². The van der Waals surface area contributed by atoms with Crippen LogP contribution in [0.25, 0.3) is 0 Å². The van der Waals surface area contributed by atoms with Gasteiger partial charge in [0.15, 0.2) is 0 Å². The molecule has 0 radical (unpaired) electrons. The standard InChI is InChI=1S/C18H13BrFN3O/c19-14-5-1-3-7-16(14)22-13-9-12(10-21-11-13)18(24)23-17-8-4-2-6-15(17)20/h1-11,22H,(H,23,24). The van der Waals surface area contributed by atoms with E-state index in [9.17, 15) is 9.18 Å². The third-order valence-electron chi connectivity index (χ3n) is 3.28. The van der Waals surface area contributed by atoms with Crippen LogP contribution in [0.2, 0.25) is 0 Å². The first-order valence-corrected chi connectivity index (χ1v) is 7.95. The Kier molecular flexibility index (Phi) is 4.86. The molecule has 0 fully saturated rings. The number of anilines is 3. The Morgan fingerprint density at radius 3 is 2.46 bits per heavy atom. The summed E-state index contributed by atoms with van der Waals surface area (Å²) >= 11 is 3.45. The van der Waals surface area contributed by atoms with Gasteiger partial charge < -0.3 is 10.6 Å². The van der Waals surface area contributed by atoms with Gasteiger partial charge in [-0.1, -0.05) is 24.3 Å². The largest absolute Gasteiger partial charge is 0.353 e. The van der Waals surface area contributed by atoms with E-state index in [0.29, 0.717) is 11.3 Å². The molecule has 0 aliphatic rings. The van der Waals surface area contributed by atoms with Crippen LogP contribution in [-0.2, 0) is 0 Å². The van der Waals surface area contributed by atoms with E-state index in [-0.39, 0.29) is 5.69 Å². The second kappa shape index (κ2) is 7.23. The molecule has 120 valence electrons. The Hall–Kier alpha value is -2.73. The van der Waals surface area contributed by atoms with Crippen molar-refractivity contribution in [3.8, 4) is 0 Å². The van der Waals surface area contributed by atoms with E-state index in [1.165, 1.54) is 18.3 Å².